The Hall–Kier alpha value is 0.780. The van der Waals surface area contributed by atoms with E-state index in [4.69, 9.17) is 13.8 Å². The van der Waals surface area contributed by atoms with E-state index in [1.807, 2.05) is 0 Å². The van der Waals surface area contributed by atoms with E-state index < -0.39 is 37.8 Å². The summed E-state index contributed by atoms with van der Waals surface area (Å²) >= 11 is 0. The molecule has 0 saturated carbocycles. The van der Waals surface area contributed by atoms with Crippen LogP contribution in [0.5, 0.6) is 0 Å². The van der Waals surface area contributed by atoms with Crippen LogP contribution in [-0.4, -0.2) is 50.2 Å². The Kier molecular flexibility index (Phi) is 17.7. The van der Waals surface area contributed by atoms with Crippen LogP contribution in [0, 0.1) is 0 Å². The van der Waals surface area contributed by atoms with Crippen molar-refractivity contribution in [2.24, 2.45) is 0 Å². The summed E-state index contributed by atoms with van der Waals surface area (Å²) < 4.78 is 66.1. The Morgan fingerprint density at radius 2 is 1.12 bits per heavy atom. The molecule has 0 saturated heterocycles. The molecular formula is C15H33NaO7S2. The van der Waals surface area contributed by atoms with Gasteiger partial charge in [0.05, 0.1) is 6.10 Å². The first kappa shape index (κ1) is 28.0. The third-order valence-electron chi connectivity index (χ3n) is 3.64. The van der Waals surface area contributed by atoms with Crippen LogP contribution in [0.2, 0.25) is 0 Å². The molecule has 0 fully saturated rings. The monoisotopic (exact) mass is 412 g/mol. The fourth-order valence-electron chi connectivity index (χ4n) is 2.45. The van der Waals surface area contributed by atoms with Crippen molar-refractivity contribution in [2.75, 3.05) is 18.1 Å². The summed E-state index contributed by atoms with van der Waals surface area (Å²) in [5.41, 5.74) is 0. The average Bonchev–Trinajstić information content (AvgIpc) is 2.41. The Bertz CT molecular complexity index is 478. The Labute approximate surface area is 176 Å². The molecule has 0 spiro atoms. The maximum absolute atomic E-state index is 10.8. The van der Waals surface area contributed by atoms with Crippen LogP contribution < -0.4 is 29.6 Å². The Morgan fingerprint density at radius 1 is 0.760 bits per heavy atom. The van der Waals surface area contributed by atoms with Crippen molar-refractivity contribution in [1.82, 2.24) is 0 Å². The van der Waals surface area contributed by atoms with Gasteiger partial charge in [-0.05, 0) is 6.42 Å². The summed E-state index contributed by atoms with van der Waals surface area (Å²) in [6.07, 6.45) is 10.1. The largest absolute Gasteiger partial charge is 1.00 e. The predicted octanol–water partition coefficient (Wildman–Crippen LogP) is 0.185. The molecule has 0 amide bonds. The van der Waals surface area contributed by atoms with Crippen molar-refractivity contribution in [3.63, 3.8) is 0 Å². The van der Waals surface area contributed by atoms with Crippen LogP contribution in [-0.2, 0) is 25.0 Å². The van der Waals surface area contributed by atoms with Gasteiger partial charge < -0.3 is 6.16 Å². The van der Waals surface area contributed by atoms with E-state index in [2.05, 4.69) is 6.92 Å². The molecule has 0 heterocycles. The van der Waals surface area contributed by atoms with Gasteiger partial charge in [-0.3, -0.25) is 9.11 Å². The molecule has 0 rings (SSSR count). The fourth-order valence-corrected chi connectivity index (χ4v) is 3.97. The van der Waals surface area contributed by atoms with E-state index in [0.717, 1.165) is 19.3 Å². The first-order valence-electron chi connectivity index (χ1n) is 8.66. The second-order valence-electron chi connectivity index (χ2n) is 6.17. The maximum Gasteiger partial charge on any atom is 1.00 e. The zero-order chi connectivity index (χ0) is 18.5. The molecule has 0 aromatic rings. The van der Waals surface area contributed by atoms with E-state index >= 15 is 0 Å². The van der Waals surface area contributed by atoms with Crippen LogP contribution in [0.15, 0.2) is 0 Å². The van der Waals surface area contributed by atoms with Crippen molar-refractivity contribution in [2.45, 2.75) is 77.2 Å². The third kappa shape index (κ3) is 22.7. The SMILES string of the molecule is CCCCCCCCCCCCOC(CS(=O)(=O)O)CS(=O)(=O)O.[H-].[Na+]. The van der Waals surface area contributed by atoms with E-state index in [-0.39, 0.29) is 37.6 Å². The molecular weight excluding hydrogens is 379 g/mol. The molecule has 0 bridgehead atoms. The minimum absolute atomic E-state index is 0. The summed E-state index contributed by atoms with van der Waals surface area (Å²) in [7, 11) is -8.72. The van der Waals surface area contributed by atoms with Crippen LogP contribution in [0.1, 0.15) is 72.6 Å². The molecule has 25 heavy (non-hydrogen) atoms. The topological polar surface area (TPSA) is 118 Å². The van der Waals surface area contributed by atoms with E-state index in [0.29, 0.717) is 6.42 Å². The molecule has 0 atom stereocenters. The molecule has 0 aromatic carbocycles. The van der Waals surface area contributed by atoms with Crippen molar-refractivity contribution < 1.29 is 61.7 Å². The molecule has 0 radical (unpaired) electrons. The van der Waals surface area contributed by atoms with Gasteiger partial charge in [-0.2, -0.15) is 16.8 Å². The van der Waals surface area contributed by atoms with Gasteiger partial charge in [0.1, 0.15) is 11.5 Å². The summed E-state index contributed by atoms with van der Waals surface area (Å²) in [4.78, 5) is 0. The van der Waals surface area contributed by atoms with Crippen LogP contribution >= 0.6 is 0 Å². The molecule has 2 N–H and O–H groups in total. The maximum atomic E-state index is 10.8. The fraction of sp³-hybridized carbons (Fsp3) is 1.00. The normalized spacial score (nSPS) is 12.3. The van der Waals surface area contributed by atoms with Crippen LogP contribution in [0.4, 0.5) is 0 Å². The molecule has 7 nitrogen and oxygen atoms in total. The molecule has 0 unspecified atom stereocenters. The van der Waals surface area contributed by atoms with Crippen molar-refractivity contribution in [1.29, 1.82) is 0 Å². The molecule has 148 valence electrons. The van der Waals surface area contributed by atoms with Gasteiger partial charge in [0.15, 0.2) is 0 Å². The van der Waals surface area contributed by atoms with Crippen LogP contribution in [0.3, 0.4) is 0 Å². The quantitative estimate of drug-likeness (QED) is 0.211. The van der Waals surface area contributed by atoms with Gasteiger partial charge in [0.25, 0.3) is 20.2 Å². The second kappa shape index (κ2) is 15.8. The van der Waals surface area contributed by atoms with Crippen LogP contribution in [0.25, 0.3) is 0 Å². The molecule has 0 aromatic heterocycles. The van der Waals surface area contributed by atoms with Crippen molar-refractivity contribution >= 4 is 20.2 Å². The van der Waals surface area contributed by atoms with E-state index in [1.54, 1.807) is 0 Å². The Morgan fingerprint density at radius 3 is 1.48 bits per heavy atom. The first-order chi connectivity index (χ1) is 11.1. The third-order valence-corrected chi connectivity index (χ3v) is 5.23. The van der Waals surface area contributed by atoms with Crippen molar-refractivity contribution in [3.8, 4) is 0 Å². The molecule has 0 aliphatic heterocycles. The zero-order valence-electron chi connectivity index (χ0n) is 16.5. The summed E-state index contributed by atoms with van der Waals surface area (Å²) in [6.45, 7) is 2.39. The minimum Gasteiger partial charge on any atom is -1.00 e. The minimum atomic E-state index is -4.36. The predicted molar refractivity (Wildman–Crippen MR) is 95.5 cm³/mol. The summed E-state index contributed by atoms with van der Waals surface area (Å²) in [5, 5.41) is 0. The van der Waals surface area contributed by atoms with Gasteiger partial charge in [-0.15, -0.1) is 0 Å². The standard InChI is InChI=1S/C15H32O7S2.Na.H/c1-2-3-4-5-6-7-8-9-10-11-12-22-15(13-23(16,17)18)14-24(19,20)21;;/h15H,2-14H2,1H3,(H,16,17,18)(H,19,20,21);;/q;+1;-1. The number of unbranched alkanes of at least 4 members (excludes halogenated alkanes) is 9. The molecule has 10 heteroatoms. The van der Waals surface area contributed by atoms with Gasteiger partial charge in [-0.25, -0.2) is 0 Å². The summed E-state index contributed by atoms with van der Waals surface area (Å²) in [6, 6.07) is 0. The first-order valence-corrected chi connectivity index (χ1v) is 11.9. The van der Waals surface area contributed by atoms with Crippen molar-refractivity contribution in [3.05, 3.63) is 0 Å². The second-order valence-corrected chi connectivity index (χ2v) is 9.17. The average molecular weight is 413 g/mol. The van der Waals surface area contributed by atoms with E-state index in [9.17, 15) is 16.8 Å². The smallest absolute Gasteiger partial charge is 1.00 e. The number of ether oxygens (including phenoxy) is 1. The number of hydrogen-bond donors (Lipinski definition) is 2. The summed E-state index contributed by atoms with van der Waals surface area (Å²) in [5.74, 6) is -1.69. The zero-order valence-corrected chi connectivity index (χ0v) is 19.2. The Balaban J connectivity index is -0.00000264. The molecule has 0 aliphatic carbocycles. The van der Waals surface area contributed by atoms with E-state index in [1.165, 1.54) is 38.5 Å². The van der Waals surface area contributed by atoms with Gasteiger partial charge in [0.2, 0.25) is 0 Å². The number of hydrogen-bond acceptors (Lipinski definition) is 5. The molecule has 0 aliphatic rings. The van der Waals surface area contributed by atoms with Gasteiger partial charge in [-0.1, -0.05) is 64.7 Å². The van der Waals surface area contributed by atoms with Gasteiger partial charge in [0, 0.05) is 6.61 Å². The number of rotatable bonds is 16. The van der Waals surface area contributed by atoms with Gasteiger partial charge >= 0.3 is 29.6 Å².